The summed E-state index contributed by atoms with van der Waals surface area (Å²) in [4.78, 5) is 10.7. The fourth-order valence-corrected chi connectivity index (χ4v) is 1.75. The molecule has 88 valence electrons. The van der Waals surface area contributed by atoms with Gasteiger partial charge in [-0.3, -0.25) is 0 Å². The average Bonchev–Trinajstić information content (AvgIpc) is 2.26. The van der Waals surface area contributed by atoms with E-state index in [1.807, 2.05) is 0 Å². The van der Waals surface area contributed by atoms with E-state index in [4.69, 9.17) is 14.6 Å². The number of methoxy groups -OCH3 is 2. The van der Waals surface area contributed by atoms with Crippen molar-refractivity contribution in [2.24, 2.45) is 0 Å². The topological polar surface area (TPSA) is 76.0 Å². The van der Waals surface area contributed by atoms with E-state index in [1.54, 1.807) is 6.07 Å². The van der Waals surface area contributed by atoms with Crippen molar-refractivity contribution in [1.82, 2.24) is 0 Å². The molecular formula is C10H11BrO5. The van der Waals surface area contributed by atoms with Crippen LogP contribution < -0.4 is 9.47 Å². The Kier molecular flexibility index (Phi) is 4.14. The second-order valence-electron chi connectivity index (χ2n) is 2.97. The quantitative estimate of drug-likeness (QED) is 0.881. The van der Waals surface area contributed by atoms with Crippen molar-refractivity contribution in [1.29, 1.82) is 0 Å². The summed E-state index contributed by atoms with van der Waals surface area (Å²) < 4.78 is 10.7. The molecule has 1 aromatic rings. The molecule has 0 radical (unpaired) electrons. The summed E-state index contributed by atoms with van der Waals surface area (Å²) in [5.41, 5.74) is 0.140. The first kappa shape index (κ1) is 12.8. The summed E-state index contributed by atoms with van der Waals surface area (Å²) in [6.07, 6.45) is -1.65. The van der Waals surface area contributed by atoms with Crippen LogP contribution in [0.25, 0.3) is 0 Å². The molecule has 5 nitrogen and oxygen atoms in total. The fraction of sp³-hybridized carbons (Fsp3) is 0.300. The Morgan fingerprint density at radius 2 is 2.00 bits per heavy atom. The maximum Gasteiger partial charge on any atom is 0.337 e. The molecule has 0 aliphatic carbocycles. The van der Waals surface area contributed by atoms with Crippen LogP contribution in [0.2, 0.25) is 0 Å². The number of carboxylic acids is 1. The number of carbonyl (C=O) groups is 1. The maximum absolute atomic E-state index is 10.7. The minimum atomic E-state index is -1.65. The molecule has 0 saturated heterocycles. The highest BCUT2D eigenvalue weighted by Crippen LogP contribution is 2.37. The molecule has 1 unspecified atom stereocenters. The minimum absolute atomic E-state index is 0.140. The van der Waals surface area contributed by atoms with Gasteiger partial charge in [0.1, 0.15) is 0 Å². The second-order valence-corrected chi connectivity index (χ2v) is 3.89. The zero-order valence-corrected chi connectivity index (χ0v) is 10.3. The molecular weight excluding hydrogens is 280 g/mol. The van der Waals surface area contributed by atoms with Crippen LogP contribution in [0.4, 0.5) is 0 Å². The Morgan fingerprint density at radius 3 is 2.44 bits per heavy atom. The molecule has 0 bridgehead atoms. The summed E-state index contributed by atoms with van der Waals surface area (Å²) >= 11 is 3.19. The lowest BCUT2D eigenvalue weighted by molar-refractivity contribution is -0.147. The maximum atomic E-state index is 10.7. The molecule has 0 aromatic heterocycles. The third-order valence-electron chi connectivity index (χ3n) is 2.00. The number of hydrogen-bond donors (Lipinski definition) is 2. The molecule has 0 aliphatic rings. The number of aliphatic hydroxyl groups is 1. The van der Waals surface area contributed by atoms with Gasteiger partial charge < -0.3 is 19.7 Å². The Hall–Kier alpha value is -1.27. The number of rotatable bonds is 4. The lowest BCUT2D eigenvalue weighted by Gasteiger charge is -2.15. The SMILES string of the molecule is COc1cc(Br)cc(C(O)C(=O)O)c1OC. The van der Waals surface area contributed by atoms with Gasteiger partial charge in [0.15, 0.2) is 17.6 Å². The highest BCUT2D eigenvalue weighted by Gasteiger charge is 2.23. The van der Waals surface area contributed by atoms with Gasteiger partial charge in [0.05, 0.1) is 14.2 Å². The molecule has 0 aliphatic heterocycles. The van der Waals surface area contributed by atoms with Gasteiger partial charge in [-0.05, 0) is 12.1 Å². The van der Waals surface area contributed by atoms with Gasteiger partial charge in [-0.2, -0.15) is 0 Å². The normalized spacial score (nSPS) is 12.0. The monoisotopic (exact) mass is 290 g/mol. The third kappa shape index (κ3) is 2.45. The lowest BCUT2D eigenvalue weighted by atomic mass is 10.1. The van der Waals surface area contributed by atoms with Crippen LogP contribution in [0.1, 0.15) is 11.7 Å². The number of aliphatic hydroxyl groups excluding tert-OH is 1. The van der Waals surface area contributed by atoms with Gasteiger partial charge in [-0.15, -0.1) is 0 Å². The van der Waals surface area contributed by atoms with Crippen molar-refractivity contribution in [3.8, 4) is 11.5 Å². The van der Waals surface area contributed by atoms with E-state index < -0.39 is 12.1 Å². The van der Waals surface area contributed by atoms with Crippen molar-refractivity contribution in [3.05, 3.63) is 22.2 Å². The Morgan fingerprint density at radius 1 is 1.38 bits per heavy atom. The Bertz CT molecular complexity index is 404. The predicted molar refractivity (Wildman–Crippen MR) is 59.8 cm³/mol. The predicted octanol–water partition coefficient (Wildman–Crippen LogP) is 1.58. The van der Waals surface area contributed by atoms with Gasteiger partial charge in [-0.25, -0.2) is 4.79 Å². The number of hydrogen-bond acceptors (Lipinski definition) is 4. The summed E-state index contributed by atoms with van der Waals surface area (Å²) in [7, 11) is 2.81. The molecule has 1 atom stereocenters. The molecule has 6 heteroatoms. The van der Waals surface area contributed by atoms with Gasteiger partial charge in [0.2, 0.25) is 0 Å². The van der Waals surface area contributed by atoms with E-state index in [1.165, 1.54) is 20.3 Å². The largest absolute Gasteiger partial charge is 0.493 e. The third-order valence-corrected chi connectivity index (χ3v) is 2.46. The fourth-order valence-electron chi connectivity index (χ4n) is 1.30. The molecule has 0 amide bonds. The zero-order valence-electron chi connectivity index (χ0n) is 8.73. The molecule has 0 spiro atoms. The van der Waals surface area contributed by atoms with Gasteiger partial charge in [0, 0.05) is 10.0 Å². The van der Waals surface area contributed by atoms with Crippen LogP contribution in [0.15, 0.2) is 16.6 Å². The summed E-state index contributed by atoms with van der Waals surface area (Å²) in [6.45, 7) is 0. The molecule has 0 fully saturated rings. The molecule has 0 heterocycles. The van der Waals surface area contributed by atoms with Crippen LogP contribution in [-0.2, 0) is 4.79 Å². The highest BCUT2D eigenvalue weighted by atomic mass is 79.9. The van der Waals surface area contributed by atoms with Crippen LogP contribution in [0, 0.1) is 0 Å². The first-order valence-electron chi connectivity index (χ1n) is 4.33. The van der Waals surface area contributed by atoms with E-state index >= 15 is 0 Å². The van der Waals surface area contributed by atoms with Crippen molar-refractivity contribution < 1.29 is 24.5 Å². The van der Waals surface area contributed by atoms with Crippen LogP contribution >= 0.6 is 15.9 Å². The molecule has 16 heavy (non-hydrogen) atoms. The van der Waals surface area contributed by atoms with Crippen LogP contribution in [0.3, 0.4) is 0 Å². The standard InChI is InChI=1S/C10H11BrO5/c1-15-7-4-5(11)3-6(9(7)16-2)8(12)10(13)14/h3-4,8,12H,1-2H3,(H,13,14). The number of benzene rings is 1. The van der Waals surface area contributed by atoms with Crippen molar-refractivity contribution in [3.63, 3.8) is 0 Å². The number of carboxylic acid groups (broad SMARTS) is 1. The van der Waals surface area contributed by atoms with Gasteiger partial charge in [-0.1, -0.05) is 15.9 Å². The van der Waals surface area contributed by atoms with Crippen LogP contribution in [-0.4, -0.2) is 30.4 Å². The van der Waals surface area contributed by atoms with Crippen molar-refractivity contribution in [2.45, 2.75) is 6.10 Å². The summed E-state index contributed by atoms with van der Waals surface area (Å²) in [6, 6.07) is 3.09. The molecule has 1 aromatic carbocycles. The second kappa shape index (κ2) is 5.18. The van der Waals surface area contributed by atoms with Crippen molar-refractivity contribution in [2.75, 3.05) is 14.2 Å². The van der Waals surface area contributed by atoms with E-state index in [0.717, 1.165) is 0 Å². The van der Waals surface area contributed by atoms with E-state index in [-0.39, 0.29) is 11.3 Å². The zero-order chi connectivity index (χ0) is 12.3. The van der Waals surface area contributed by atoms with E-state index in [0.29, 0.717) is 10.2 Å². The average molecular weight is 291 g/mol. The van der Waals surface area contributed by atoms with Gasteiger partial charge in [0.25, 0.3) is 0 Å². The molecule has 0 saturated carbocycles. The van der Waals surface area contributed by atoms with E-state index in [2.05, 4.69) is 15.9 Å². The minimum Gasteiger partial charge on any atom is -0.493 e. The van der Waals surface area contributed by atoms with Crippen molar-refractivity contribution >= 4 is 21.9 Å². The Balaban J connectivity index is 3.35. The van der Waals surface area contributed by atoms with Gasteiger partial charge >= 0.3 is 5.97 Å². The number of halogens is 1. The summed E-state index contributed by atoms with van der Waals surface area (Å²) in [5.74, 6) is -0.786. The Labute approximate surface area is 101 Å². The smallest absolute Gasteiger partial charge is 0.337 e. The molecule has 1 rings (SSSR count). The first-order valence-corrected chi connectivity index (χ1v) is 5.12. The summed E-state index contributed by atoms with van der Waals surface area (Å²) in [5, 5.41) is 18.2. The molecule has 2 N–H and O–H groups in total. The number of aliphatic carboxylic acids is 1. The van der Waals surface area contributed by atoms with E-state index in [9.17, 15) is 9.90 Å². The first-order chi connectivity index (χ1) is 7.51. The van der Waals surface area contributed by atoms with Crippen LogP contribution in [0.5, 0.6) is 11.5 Å². The highest BCUT2D eigenvalue weighted by molar-refractivity contribution is 9.10. The number of ether oxygens (including phenoxy) is 2. The lowest BCUT2D eigenvalue weighted by Crippen LogP contribution is -2.12.